The second kappa shape index (κ2) is 8.14. The van der Waals surface area contributed by atoms with Crippen LogP contribution in [0.3, 0.4) is 0 Å². The van der Waals surface area contributed by atoms with Crippen molar-refractivity contribution in [3.63, 3.8) is 0 Å². The first-order valence-electron chi connectivity index (χ1n) is 8.93. The monoisotopic (exact) mass is 355 g/mol. The zero-order chi connectivity index (χ0) is 18.5. The molecular weight excluding hydrogens is 330 g/mol. The summed E-state index contributed by atoms with van der Waals surface area (Å²) in [7, 11) is 0. The van der Waals surface area contributed by atoms with Gasteiger partial charge in [-0.1, -0.05) is 32.0 Å². The van der Waals surface area contributed by atoms with Crippen LogP contribution in [0.2, 0.25) is 0 Å². The maximum absolute atomic E-state index is 12.0. The van der Waals surface area contributed by atoms with Crippen molar-refractivity contribution in [3.8, 4) is 0 Å². The van der Waals surface area contributed by atoms with Gasteiger partial charge in [-0.2, -0.15) is 5.10 Å². The van der Waals surface area contributed by atoms with Crippen molar-refractivity contribution in [2.45, 2.75) is 33.5 Å². The normalized spacial score (nSPS) is 14.1. The van der Waals surface area contributed by atoms with Gasteiger partial charge < -0.3 is 10.6 Å². The van der Waals surface area contributed by atoms with Gasteiger partial charge in [-0.15, -0.1) is 0 Å². The quantitative estimate of drug-likeness (QED) is 0.799. The van der Waals surface area contributed by atoms with Gasteiger partial charge in [-0.05, 0) is 24.1 Å². The van der Waals surface area contributed by atoms with E-state index in [1.165, 1.54) is 0 Å². The van der Waals surface area contributed by atoms with Gasteiger partial charge in [0.1, 0.15) is 0 Å². The van der Waals surface area contributed by atoms with E-state index in [9.17, 15) is 9.59 Å². The van der Waals surface area contributed by atoms with Crippen molar-refractivity contribution in [1.29, 1.82) is 0 Å². The molecule has 3 rings (SSSR count). The minimum Gasteiger partial charge on any atom is -0.342 e. The molecule has 26 heavy (non-hydrogen) atoms. The molecule has 2 heterocycles. The average Bonchev–Trinajstić information content (AvgIpc) is 3.02. The molecule has 7 heteroatoms. The summed E-state index contributed by atoms with van der Waals surface area (Å²) >= 11 is 0. The smallest absolute Gasteiger partial charge is 0.313 e. The van der Waals surface area contributed by atoms with E-state index in [2.05, 4.69) is 34.5 Å². The van der Waals surface area contributed by atoms with Gasteiger partial charge in [-0.25, -0.2) is 0 Å². The van der Waals surface area contributed by atoms with Crippen molar-refractivity contribution >= 4 is 17.5 Å². The van der Waals surface area contributed by atoms with Gasteiger partial charge in [-0.3, -0.25) is 19.2 Å². The molecule has 0 spiro atoms. The molecule has 138 valence electrons. The summed E-state index contributed by atoms with van der Waals surface area (Å²) in [5.74, 6) is -0.712. The van der Waals surface area contributed by atoms with E-state index in [0.717, 1.165) is 37.6 Å². The van der Waals surface area contributed by atoms with Gasteiger partial charge >= 0.3 is 11.8 Å². The Balaban J connectivity index is 1.52. The molecule has 0 aliphatic carbocycles. The first kappa shape index (κ1) is 18.1. The third-order valence-corrected chi connectivity index (χ3v) is 4.22. The fourth-order valence-corrected chi connectivity index (χ4v) is 3.10. The Kier molecular flexibility index (Phi) is 5.68. The summed E-state index contributed by atoms with van der Waals surface area (Å²) in [5.41, 5.74) is 2.51. The number of benzene rings is 1. The molecule has 0 unspecified atom stereocenters. The Morgan fingerprint density at radius 1 is 1.15 bits per heavy atom. The summed E-state index contributed by atoms with van der Waals surface area (Å²) in [6.45, 7) is 8.44. The standard InChI is InChI=1S/C19H25N5O2/c1-14(2)12-23-8-9-24-17(13-23)10-16(22-24)11-20-18(25)19(26)21-15-6-4-3-5-7-15/h3-7,10,14H,8-9,11-13H2,1-2H3,(H,20,25)(H,21,26). The van der Waals surface area contributed by atoms with Crippen molar-refractivity contribution in [2.24, 2.45) is 5.92 Å². The highest BCUT2D eigenvalue weighted by atomic mass is 16.2. The number of amides is 2. The topological polar surface area (TPSA) is 79.3 Å². The highest BCUT2D eigenvalue weighted by Gasteiger charge is 2.20. The van der Waals surface area contributed by atoms with Gasteiger partial charge in [0.25, 0.3) is 0 Å². The summed E-state index contributed by atoms with van der Waals surface area (Å²) in [4.78, 5) is 26.3. The van der Waals surface area contributed by atoms with Gasteiger partial charge in [0, 0.05) is 25.3 Å². The first-order valence-corrected chi connectivity index (χ1v) is 8.93. The van der Waals surface area contributed by atoms with E-state index in [0.29, 0.717) is 11.6 Å². The minimum atomic E-state index is -0.678. The molecule has 1 aromatic carbocycles. The molecule has 2 N–H and O–H groups in total. The van der Waals surface area contributed by atoms with E-state index in [-0.39, 0.29) is 6.54 Å². The zero-order valence-electron chi connectivity index (χ0n) is 15.2. The van der Waals surface area contributed by atoms with E-state index in [1.54, 1.807) is 24.3 Å². The van der Waals surface area contributed by atoms with Crippen LogP contribution < -0.4 is 10.6 Å². The van der Waals surface area contributed by atoms with Crippen LogP contribution in [-0.2, 0) is 29.2 Å². The molecule has 0 saturated carbocycles. The van der Waals surface area contributed by atoms with Crippen molar-refractivity contribution in [1.82, 2.24) is 20.0 Å². The minimum absolute atomic E-state index is 0.241. The van der Waals surface area contributed by atoms with Crippen LogP contribution in [0.4, 0.5) is 5.69 Å². The number of carbonyl (C=O) groups excluding carboxylic acids is 2. The molecule has 7 nitrogen and oxygen atoms in total. The van der Waals surface area contributed by atoms with E-state index >= 15 is 0 Å². The molecule has 1 aliphatic heterocycles. The molecule has 2 aromatic rings. The third-order valence-electron chi connectivity index (χ3n) is 4.22. The molecule has 1 aromatic heterocycles. The predicted molar refractivity (Wildman–Crippen MR) is 99.3 cm³/mol. The Bertz CT molecular complexity index is 769. The third kappa shape index (κ3) is 4.70. The first-order chi connectivity index (χ1) is 12.5. The lowest BCUT2D eigenvalue weighted by atomic mass is 10.2. The summed E-state index contributed by atoms with van der Waals surface area (Å²) in [6, 6.07) is 10.9. The van der Waals surface area contributed by atoms with Crippen LogP contribution in [0.1, 0.15) is 25.2 Å². The van der Waals surface area contributed by atoms with Crippen LogP contribution in [0, 0.1) is 5.92 Å². The van der Waals surface area contributed by atoms with Crippen molar-refractivity contribution < 1.29 is 9.59 Å². The van der Waals surface area contributed by atoms with Gasteiger partial charge in [0.05, 0.1) is 24.5 Å². The SMILES string of the molecule is CC(C)CN1CCn2nc(CNC(=O)C(=O)Nc3ccccc3)cc2C1. The van der Waals surface area contributed by atoms with Crippen molar-refractivity contribution in [2.75, 3.05) is 18.4 Å². The second-order valence-corrected chi connectivity index (χ2v) is 6.98. The molecule has 0 atom stereocenters. The fourth-order valence-electron chi connectivity index (χ4n) is 3.10. The molecular formula is C19H25N5O2. The van der Waals surface area contributed by atoms with E-state index in [1.807, 2.05) is 16.8 Å². The number of nitrogens with zero attached hydrogens (tertiary/aromatic N) is 3. The molecule has 1 aliphatic rings. The van der Waals surface area contributed by atoms with Crippen LogP contribution in [0.5, 0.6) is 0 Å². The Morgan fingerprint density at radius 3 is 2.65 bits per heavy atom. The number of hydrogen-bond donors (Lipinski definition) is 2. The number of para-hydroxylation sites is 1. The van der Waals surface area contributed by atoms with Crippen LogP contribution in [0.15, 0.2) is 36.4 Å². The highest BCUT2D eigenvalue weighted by molar-refractivity contribution is 6.39. The van der Waals surface area contributed by atoms with Crippen LogP contribution in [0.25, 0.3) is 0 Å². The lowest BCUT2D eigenvalue weighted by Gasteiger charge is -2.28. The lowest BCUT2D eigenvalue weighted by molar-refractivity contribution is -0.136. The molecule has 0 saturated heterocycles. The maximum atomic E-state index is 12.0. The number of nitrogens with one attached hydrogen (secondary N) is 2. The maximum Gasteiger partial charge on any atom is 0.313 e. The lowest BCUT2D eigenvalue weighted by Crippen LogP contribution is -2.36. The van der Waals surface area contributed by atoms with Crippen LogP contribution in [-0.4, -0.2) is 39.6 Å². The Morgan fingerprint density at radius 2 is 1.92 bits per heavy atom. The molecule has 0 fully saturated rings. The summed E-state index contributed by atoms with van der Waals surface area (Å²) in [6.07, 6.45) is 0. The molecule has 2 amide bonds. The number of fused-ring (bicyclic) bond motifs is 1. The zero-order valence-corrected chi connectivity index (χ0v) is 15.2. The van der Waals surface area contributed by atoms with E-state index < -0.39 is 11.8 Å². The molecule has 0 radical (unpaired) electrons. The van der Waals surface area contributed by atoms with E-state index in [4.69, 9.17) is 0 Å². The second-order valence-electron chi connectivity index (χ2n) is 6.98. The number of aromatic nitrogens is 2. The van der Waals surface area contributed by atoms with Gasteiger partial charge in [0.2, 0.25) is 0 Å². The Hall–Kier alpha value is -2.67. The number of rotatable bonds is 5. The van der Waals surface area contributed by atoms with Crippen molar-refractivity contribution in [3.05, 3.63) is 47.8 Å². The van der Waals surface area contributed by atoms with Crippen LogP contribution >= 0.6 is 0 Å². The largest absolute Gasteiger partial charge is 0.342 e. The highest BCUT2D eigenvalue weighted by Crippen LogP contribution is 2.15. The fraction of sp³-hybridized carbons (Fsp3) is 0.421. The molecule has 0 bridgehead atoms. The average molecular weight is 355 g/mol. The number of carbonyl (C=O) groups is 2. The summed E-state index contributed by atoms with van der Waals surface area (Å²) in [5, 5.41) is 9.72. The number of anilines is 1. The predicted octanol–water partition coefficient (Wildman–Crippen LogP) is 1.61. The Labute approximate surface area is 153 Å². The van der Waals surface area contributed by atoms with Gasteiger partial charge in [0.15, 0.2) is 0 Å². The number of hydrogen-bond acceptors (Lipinski definition) is 4. The summed E-state index contributed by atoms with van der Waals surface area (Å²) < 4.78 is 1.99.